The van der Waals surface area contributed by atoms with Crippen LogP contribution >= 0.6 is 23.8 Å². The Morgan fingerprint density at radius 3 is 2.66 bits per heavy atom. The van der Waals surface area contributed by atoms with Crippen molar-refractivity contribution in [2.45, 2.75) is 69.6 Å². The van der Waals surface area contributed by atoms with Gasteiger partial charge in [-0.2, -0.15) is 0 Å². The number of oxime groups is 1. The van der Waals surface area contributed by atoms with E-state index < -0.39 is 11.7 Å². The Labute approximate surface area is 200 Å². The van der Waals surface area contributed by atoms with Crippen LogP contribution in [-0.2, 0) is 16.1 Å². The van der Waals surface area contributed by atoms with Gasteiger partial charge in [0, 0.05) is 50.6 Å². The highest BCUT2D eigenvalue weighted by Crippen LogP contribution is 2.35. The zero-order valence-corrected chi connectivity index (χ0v) is 20.1. The van der Waals surface area contributed by atoms with Crippen molar-refractivity contribution in [1.82, 2.24) is 15.1 Å². The number of carbonyl (C=O) groups is 1. The highest BCUT2D eigenvalue weighted by Gasteiger charge is 2.44. The molecule has 2 aliphatic heterocycles. The van der Waals surface area contributed by atoms with E-state index in [1.54, 1.807) is 12.1 Å². The van der Waals surface area contributed by atoms with Crippen LogP contribution in [0, 0.1) is 0 Å². The minimum atomic E-state index is -0.535. The molecule has 0 aromatic heterocycles. The SMILES string of the molecule is CN(C(=S)N1CCC2(CC1)CC(OC(=O)NCc1ccc(Cl)cc1)=NO2)C1CCCCC1. The molecule has 1 N–H and O–H groups in total. The number of likely N-dealkylation sites (tertiary alicyclic amines) is 1. The molecule has 0 radical (unpaired) electrons. The monoisotopic (exact) mass is 478 g/mol. The van der Waals surface area contributed by atoms with Gasteiger partial charge in [-0.1, -0.05) is 48.2 Å². The summed E-state index contributed by atoms with van der Waals surface area (Å²) in [4.78, 5) is 22.5. The van der Waals surface area contributed by atoms with E-state index in [9.17, 15) is 4.79 Å². The topological polar surface area (TPSA) is 66.4 Å². The molecular weight excluding hydrogens is 448 g/mol. The number of benzene rings is 1. The molecule has 0 bridgehead atoms. The molecule has 1 spiro atoms. The van der Waals surface area contributed by atoms with Crippen molar-refractivity contribution in [3.8, 4) is 0 Å². The van der Waals surface area contributed by atoms with Gasteiger partial charge in [0.25, 0.3) is 0 Å². The first-order valence-electron chi connectivity index (χ1n) is 11.4. The lowest BCUT2D eigenvalue weighted by molar-refractivity contribution is -0.0533. The van der Waals surface area contributed by atoms with E-state index in [2.05, 4.69) is 27.3 Å². The maximum Gasteiger partial charge on any atom is 0.414 e. The molecule has 9 heteroatoms. The van der Waals surface area contributed by atoms with Crippen LogP contribution in [0.5, 0.6) is 0 Å². The Bertz CT molecular complexity index is 849. The summed E-state index contributed by atoms with van der Waals surface area (Å²) in [6.07, 6.45) is 7.95. The Kier molecular flexibility index (Phi) is 7.40. The van der Waals surface area contributed by atoms with Crippen LogP contribution in [0.25, 0.3) is 0 Å². The molecule has 2 fully saturated rings. The number of nitrogens with zero attached hydrogens (tertiary/aromatic N) is 3. The molecule has 1 saturated carbocycles. The Balaban J connectivity index is 1.20. The summed E-state index contributed by atoms with van der Waals surface area (Å²) >= 11 is 11.7. The Hall–Kier alpha value is -2.06. The van der Waals surface area contributed by atoms with Gasteiger partial charge in [-0.25, -0.2) is 4.79 Å². The highest BCUT2D eigenvalue weighted by molar-refractivity contribution is 7.80. The smallest absolute Gasteiger partial charge is 0.392 e. The third kappa shape index (κ3) is 5.64. The molecule has 4 rings (SSSR count). The number of piperidine rings is 1. The van der Waals surface area contributed by atoms with E-state index in [1.165, 1.54) is 32.1 Å². The number of halogens is 1. The number of carbonyl (C=O) groups excluding carboxylic acids is 1. The average molecular weight is 479 g/mol. The van der Waals surface area contributed by atoms with Crippen molar-refractivity contribution in [3.63, 3.8) is 0 Å². The van der Waals surface area contributed by atoms with Crippen LogP contribution in [0.4, 0.5) is 4.79 Å². The van der Waals surface area contributed by atoms with Crippen LogP contribution in [-0.4, -0.2) is 58.7 Å². The van der Waals surface area contributed by atoms with Gasteiger partial charge >= 0.3 is 6.09 Å². The number of alkyl carbamates (subject to hydrolysis) is 1. The quantitative estimate of drug-likeness (QED) is 0.636. The second-order valence-corrected chi connectivity index (χ2v) is 9.78. The fourth-order valence-corrected chi connectivity index (χ4v) is 5.14. The van der Waals surface area contributed by atoms with Crippen molar-refractivity contribution < 1.29 is 14.4 Å². The van der Waals surface area contributed by atoms with Crippen molar-refractivity contribution >= 4 is 40.9 Å². The van der Waals surface area contributed by atoms with Crippen molar-refractivity contribution in [2.75, 3.05) is 20.1 Å². The van der Waals surface area contributed by atoms with Crippen LogP contribution < -0.4 is 5.32 Å². The first kappa shape index (κ1) is 23.1. The predicted molar refractivity (Wildman–Crippen MR) is 129 cm³/mol. The van der Waals surface area contributed by atoms with Crippen LogP contribution in [0.1, 0.15) is 56.9 Å². The van der Waals surface area contributed by atoms with Crippen LogP contribution in [0.3, 0.4) is 0 Å². The molecule has 0 unspecified atom stereocenters. The van der Waals surface area contributed by atoms with Crippen LogP contribution in [0.2, 0.25) is 5.02 Å². The Morgan fingerprint density at radius 2 is 1.97 bits per heavy atom. The van der Waals surface area contributed by atoms with Crippen LogP contribution in [0.15, 0.2) is 29.4 Å². The number of hydrogen-bond donors (Lipinski definition) is 1. The lowest BCUT2D eigenvalue weighted by Crippen LogP contribution is -2.52. The predicted octanol–water partition coefficient (Wildman–Crippen LogP) is 4.68. The number of hydrogen-bond acceptors (Lipinski definition) is 5. The Morgan fingerprint density at radius 1 is 1.28 bits per heavy atom. The van der Waals surface area contributed by atoms with Gasteiger partial charge in [-0.05, 0) is 42.8 Å². The van der Waals surface area contributed by atoms with Gasteiger partial charge in [0.2, 0.25) is 5.90 Å². The van der Waals surface area contributed by atoms with Gasteiger partial charge in [0.05, 0.1) is 6.42 Å². The fraction of sp³-hybridized carbons (Fsp3) is 0.609. The van der Waals surface area contributed by atoms with Crippen molar-refractivity contribution in [2.24, 2.45) is 5.16 Å². The van der Waals surface area contributed by atoms with Gasteiger partial charge in [-0.3, -0.25) is 0 Å². The summed E-state index contributed by atoms with van der Waals surface area (Å²) < 4.78 is 5.38. The lowest BCUT2D eigenvalue weighted by atomic mass is 9.88. The second kappa shape index (κ2) is 10.3. The summed E-state index contributed by atoms with van der Waals surface area (Å²) in [7, 11) is 2.13. The molecule has 1 aromatic rings. The molecule has 1 saturated heterocycles. The van der Waals surface area contributed by atoms with Gasteiger partial charge in [0.1, 0.15) is 5.60 Å². The summed E-state index contributed by atoms with van der Waals surface area (Å²) in [5.41, 5.74) is 0.537. The minimum absolute atomic E-state index is 0.328. The summed E-state index contributed by atoms with van der Waals surface area (Å²) in [5.74, 6) is 0.328. The van der Waals surface area contributed by atoms with E-state index >= 15 is 0 Å². The summed E-state index contributed by atoms with van der Waals surface area (Å²) in [5, 5.41) is 8.38. The second-order valence-electron chi connectivity index (χ2n) is 8.98. The average Bonchev–Trinajstić information content (AvgIpc) is 3.20. The molecule has 32 heavy (non-hydrogen) atoms. The minimum Gasteiger partial charge on any atom is -0.392 e. The third-order valence-corrected chi connectivity index (χ3v) is 7.54. The number of ether oxygens (including phenoxy) is 1. The normalized spacial score (nSPS) is 20.4. The lowest BCUT2D eigenvalue weighted by Gasteiger charge is -2.42. The van der Waals surface area contributed by atoms with E-state index in [0.29, 0.717) is 29.9 Å². The fourth-order valence-electron chi connectivity index (χ4n) is 4.68. The van der Waals surface area contributed by atoms with E-state index in [0.717, 1.165) is 36.6 Å². The molecule has 0 atom stereocenters. The molecule has 2 heterocycles. The first-order valence-corrected chi connectivity index (χ1v) is 12.2. The first-order chi connectivity index (χ1) is 15.4. The van der Waals surface area contributed by atoms with Crippen molar-refractivity contribution in [3.05, 3.63) is 34.9 Å². The number of amides is 1. The molecule has 7 nitrogen and oxygen atoms in total. The van der Waals surface area contributed by atoms with E-state index in [-0.39, 0.29) is 0 Å². The zero-order valence-electron chi connectivity index (χ0n) is 18.5. The van der Waals surface area contributed by atoms with Gasteiger partial charge < -0.3 is 24.7 Å². The molecule has 1 amide bonds. The number of nitrogens with one attached hydrogen (secondary N) is 1. The van der Waals surface area contributed by atoms with Gasteiger partial charge in [-0.15, -0.1) is 0 Å². The maximum atomic E-state index is 12.2. The largest absolute Gasteiger partial charge is 0.414 e. The van der Waals surface area contributed by atoms with E-state index in [4.69, 9.17) is 33.4 Å². The summed E-state index contributed by atoms with van der Waals surface area (Å²) in [6.45, 7) is 2.00. The summed E-state index contributed by atoms with van der Waals surface area (Å²) in [6, 6.07) is 7.85. The molecule has 174 valence electrons. The maximum absolute atomic E-state index is 12.2. The third-order valence-electron chi connectivity index (χ3n) is 6.74. The highest BCUT2D eigenvalue weighted by atomic mass is 35.5. The number of thiocarbonyl (C=S) groups is 1. The number of rotatable bonds is 3. The molecule has 1 aromatic carbocycles. The van der Waals surface area contributed by atoms with Crippen molar-refractivity contribution in [1.29, 1.82) is 0 Å². The molecular formula is C23H31ClN4O3S. The standard InChI is InChI=1S/C23H31ClN4O3S/c1-27(19-5-3-2-4-6-19)22(32)28-13-11-23(12-14-28)15-20(26-31-23)30-21(29)25-16-17-7-9-18(24)10-8-17/h7-10,19H,2-6,11-16H2,1H3,(H,25,29). The van der Waals surface area contributed by atoms with E-state index in [1.807, 2.05) is 12.1 Å². The zero-order chi connectivity index (χ0) is 22.6. The molecule has 3 aliphatic rings. The molecule has 1 aliphatic carbocycles. The van der Waals surface area contributed by atoms with Gasteiger partial charge in [0.15, 0.2) is 5.11 Å².